The summed E-state index contributed by atoms with van der Waals surface area (Å²) in [5.74, 6) is -0.431. The van der Waals surface area contributed by atoms with Crippen LogP contribution >= 0.6 is 0 Å². The molecule has 1 aliphatic heterocycles. The predicted octanol–water partition coefficient (Wildman–Crippen LogP) is 0.593. The molecule has 0 amide bonds. The predicted molar refractivity (Wildman–Crippen MR) is 49.6 cm³/mol. The van der Waals surface area contributed by atoms with Crippen LogP contribution in [0.5, 0.6) is 0 Å². The molecule has 0 bridgehead atoms. The van der Waals surface area contributed by atoms with E-state index in [1.807, 2.05) is 26.0 Å². The molecule has 0 aromatic carbocycles. The number of fused-ring (bicyclic) bond motifs is 1. The van der Waals surface area contributed by atoms with Crippen LogP contribution in [0.1, 0.15) is 13.8 Å². The molecule has 0 aromatic heterocycles. The summed E-state index contributed by atoms with van der Waals surface area (Å²) in [6.45, 7) is 3.90. The number of hydrogen-bond donors (Lipinski definition) is 0. The van der Waals surface area contributed by atoms with Gasteiger partial charge in [0.1, 0.15) is 20.1 Å². The number of rotatable bonds is 0. The first kappa shape index (κ1) is 8.08. The van der Waals surface area contributed by atoms with Crippen LogP contribution in [0.15, 0.2) is 23.7 Å². The Labute approximate surface area is 73.6 Å². The van der Waals surface area contributed by atoms with Crippen molar-refractivity contribution < 1.29 is 9.47 Å². The second kappa shape index (κ2) is 2.47. The highest BCUT2D eigenvalue weighted by Gasteiger charge is 2.41. The van der Waals surface area contributed by atoms with Crippen LogP contribution in [0.4, 0.5) is 0 Å². The maximum absolute atomic E-state index is 5.72. The Bertz CT molecular complexity index is 255. The van der Waals surface area contributed by atoms with Gasteiger partial charge in [0, 0.05) is 0 Å². The van der Waals surface area contributed by atoms with Gasteiger partial charge in [-0.25, -0.2) is 0 Å². The normalized spacial score (nSPS) is 37.7. The van der Waals surface area contributed by atoms with E-state index in [0.29, 0.717) is 0 Å². The summed E-state index contributed by atoms with van der Waals surface area (Å²) in [5, 5.41) is 0. The maximum atomic E-state index is 5.72. The van der Waals surface area contributed by atoms with Gasteiger partial charge in [-0.3, -0.25) is 0 Å². The number of allylic oxidation sites excluding steroid dienone is 2. The highest BCUT2D eigenvalue weighted by molar-refractivity contribution is 6.22. The zero-order valence-corrected chi connectivity index (χ0v) is 7.70. The molecule has 1 heterocycles. The monoisotopic (exact) mass is 164 g/mol. The molecule has 0 spiro atoms. The molecule has 2 unspecified atom stereocenters. The molecule has 12 heavy (non-hydrogen) atoms. The first-order valence-electron chi connectivity index (χ1n) is 4.29. The topological polar surface area (TPSA) is 18.5 Å². The number of ether oxygens (including phenoxy) is 2. The molecule has 1 aliphatic carbocycles. The highest BCUT2D eigenvalue weighted by atomic mass is 16.7. The maximum Gasteiger partial charge on any atom is 0.164 e. The minimum Gasteiger partial charge on any atom is -0.341 e. The van der Waals surface area contributed by atoms with Gasteiger partial charge in [-0.15, -0.1) is 0 Å². The molecule has 0 aromatic rings. The van der Waals surface area contributed by atoms with Gasteiger partial charge in [-0.05, 0) is 13.8 Å². The smallest absolute Gasteiger partial charge is 0.164 e. The van der Waals surface area contributed by atoms with Crippen molar-refractivity contribution in [2.75, 3.05) is 0 Å². The van der Waals surface area contributed by atoms with Crippen LogP contribution in [0.3, 0.4) is 0 Å². The van der Waals surface area contributed by atoms with Gasteiger partial charge >= 0.3 is 0 Å². The summed E-state index contributed by atoms with van der Waals surface area (Å²) in [6, 6.07) is 0. The molecule has 1 fully saturated rings. The lowest BCUT2D eigenvalue weighted by Gasteiger charge is -2.17. The lowest BCUT2D eigenvalue weighted by atomic mass is 9.84. The van der Waals surface area contributed by atoms with Gasteiger partial charge in [-0.2, -0.15) is 0 Å². The van der Waals surface area contributed by atoms with Gasteiger partial charge in [0.2, 0.25) is 0 Å². The Hall–Kier alpha value is -0.535. The molecule has 2 nitrogen and oxygen atoms in total. The van der Waals surface area contributed by atoms with E-state index in [2.05, 4.69) is 13.9 Å². The van der Waals surface area contributed by atoms with Crippen molar-refractivity contribution in [1.29, 1.82) is 0 Å². The molecule has 2 aliphatic rings. The average molecular weight is 164 g/mol. The summed E-state index contributed by atoms with van der Waals surface area (Å²) < 4.78 is 11.4. The van der Waals surface area contributed by atoms with Crippen molar-refractivity contribution in [1.82, 2.24) is 0 Å². The Morgan fingerprint density at radius 3 is 2.83 bits per heavy atom. The standard InChI is InChI=1S/C9H13BO2/c1-9(2)11-7-5-3-4-6(10)8(7)12-9/h3-5,7-8H,10H2,1-2H3. The first-order chi connectivity index (χ1) is 5.58. The molecular formula is C9H13BO2. The SMILES string of the molecule is BC1=CC=CC2OC(C)(C)OC12. The Morgan fingerprint density at radius 2 is 2.17 bits per heavy atom. The third-order valence-corrected chi connectivity index (χ3v) is 2.24. The third-order valence-electron chi connectivity index (χ3n) is 2.24. The minimum absolute atomic E-state index is 0.116. The van der Waals surface area contributed by atoms with Crippen LogP contribution in [0.25, 0.3) is 0 Å². The van der Waals surface area contributed by atoms with Crippen LogP contribution < -0.4 is 0 Å². The molecule has 0 N–H and O–H groups in total. The van der Waals surface area contributed by atoms with Gasteiger partial charge in [0.15, 0.2) is 5.79 Å². The van der Waals surface area contributed by atoms with Crippen molar-refractivity contribution in [3.05, 3.63) is 23.7 Å². The minimum atomic E-state index is -0.431. The fourth-order valence-corrected chi connectivity index (χ4v) is 1.69. The average Bonchev–Trinajstić information content (AvgIpc) is 2.25. The van der Waals surface area contributed by atoms with Crippen molar-refractivity contribution >= 4 is 7.85 Å². The lowest BCUT2D eigenvalue weighted by Crippen LogP contribution is -2.25. The first-order valence-corrected chi connectivity index (χ1v) is 4.29. The molecule has 1 saturated heterocycles. The molecular weight excluding hydrogens is 151 g/mol. The van der Waals surface area contributed by atoms with Gasteiger partial charge in [0.05, 0.1) is 0 Å². The third kappa shape index (κ3) is 1.23. The zero-order valence-electron chi connectivity index (χ0n) is 7.70. The molecule has 64 valence electrons. The lowest BCUT2D eigenvalue weighted by molar-refractivity contribution is -0.139. The van der Waals surface area contributed by atoms with Crippen LogP contribution in [-0.2, 0) is 9.47 Å². The Morgan fingerprint density at radius 1 is 1.42 bits per heavy atom. The van der Waals surface area contributed by atoms with Crippen LogP contribution in [0, 0.1) is 0 Å². The van der Waals surface area contributed by atoms with E-state index >= 15 is 0 Å². The van der Waals surface area contributed by atoms with Crippen LogP contribution in [0.2, 0.25) is 0 Å². The quantitative estimate of drug-likeness (QED) is 0.488. The highest BCUT2D eigenvalue weighted by Crippen LogP contribution is 2.33. The van der Waals surface area contributed by atoms with E-state index < -0.39 is 5.79 Å². The van der Waals surface area contributed by atoms with E-state index in [4.69, 9.17) is 9.47 Å². The number of hydrogen-bond acceptors (Lipinski definition) is 2. The van der Waals surface area contributed by atoms with Gasteiger partial charge < -0.3 is 9.47 Å². The molecule has 0 radical (unpaired) electrons. The summed E-state index contributed by atoms with van der Waals surface area (Å²) in [6.07, 6.45) is 6.40. The van der Waals surface area contributed by atoms with Crippen molar-refractivity contribution in [3.8, 4) is 0 Å². The molecule has 2 atom stereocenters. The van der Waals surface area contributed by atoms with Crippen molar-refractivity contribution in [3.63, 3.8) is 0 Å². The second-order valence-corrected chi connectivity index (χ2v) is 3.82. The summed E-state index contributed by atoms with van der Waals surface area (Å²) >= 11 is 0. The zero-order chi connectivity index (χ0) is 8.77. The largest absolute Gasteiger partial charge is 0.341 e. The van der Waals surface area contributed by atoms with E-state index in [1.54, 1.807) is 0 Å². The fourth-order valence-electron chi connectivity index (χ4n) is 1.69. The molecule has 0 saturated carbocycles. The summed E-state index contributed by atoms with van der Waals surface area (Å²) in [4.78, 5) is 0. The van der Waals surface area contributed by atoms with Crippen molar-refractivity contribution in [2.45, 2.75) is 31.8 Å². The second-order valence-electron chi connectivity index (χ2n) is 3.82. The summed E-state index contributed by atoms with van der Waals surface area (Å²) in [5.41, 5.74) is 1.24. The van der Waals surface area contributed by atoms with Gasteiger partial charge in [0.25, 0.3) is 0 Å². The molecule has 2 rings (SSSR count). The Balaban J connectivity index is 2.24. The van der Waals surface area contributed by atoms with E-state index in [9.17, 15) is 0 Å². The summed E-state index contributed by atoms with van der Waals surface area (Å²) in [7, 11) is 2.08. The molecule has 3 heteroatoms. The van der Waals surface area contributed by atoms with E-state index in [1.165, 1.54) is 5.47 Å². The van der Waals surface area contributed by atoms with E-state index in [-0.39, 0.29) is 12.2 Å². The fraction of sp³-hybridized carbons (Fsp3) is 0.556. The van der Waals surface area contributed by atoms with Gasteiger partial charge in [-0.1, -0.05) is 23.7 Å². The van der Waals surface area contributed by atoms with E-state index in [0.717, 1.165) is 0 Å². The van der Waals surface area contributed by atoms with Crippen LogP contribution in [-0.4, -0.2) is 25.8 Å². The Kier molecular flexibility index (Phi) is 1.67. The van der Waals surface area contributed by atoms with Crippen molar-refractivity contribution in [2.24, 2.45) is 0 Å².